The van der Waals surface area contributed by atoms with Gasteiger partial charge in [-0.1, -0.05) is 35.9 Å². The number of carbonyl (C=O) groups excluding carboxylic acids is 1. The van der Waals surface area contributed by atoms with Crippen LogP contribution >= 0.6 is 12.2 Å². The van der Waals surface area contributed by atoms with Crippen LogP contribution in [0.25, 0.3) is 11.4 Å². The quantitative estimate of drug-likeness (QED) is 0.439. The summed E-state index contributed by atoms with van der Waals surface area (Å²) in [6, 6.07) is 16.3. The second-order valence-electron chi connectivity index (χ2n) is 8.75. The summed E-state index contributed by atoms with van der Waals surface area (Å²) in [5, 5.41) is 10.4. The molecule has 1 aliphatic rings. The van der Waals surface area contributed by atoms with Crippen molar-refractivity contribution in [2.75, 3.05) is 26.4 Å². The van der Waals surface area contributed by atoms with Gasteiger partial charge >= 0.3 is 0 Å². The first kappa shape index (κ1) is 24.2. The fraction of sp³-hybridized carbons (Fsp3) is 0.423. The van der Waals surface area contributed by atoms with E-state index < -0.39 is 0 Å². The minimum absolute atomic E-state index is 0.00454. The average molecular weight is 481 g/mol. The predicted octanol–water partition coefficient (Wildman–Crippen LogP) is 4.57. The lowest BCUT2D eigenvalue weighted by molar-refractivity contribution is -0.121. The van der Waals surface area contributed by atoms with E-state index in [4.69, 9.17) is 21.7 Å². The molecule has 0 atom stereocenters. The van der Waals surface area contributed by atoms with Gasteiger partial charge in [0, 0.05) is 43.7 Å². The van der Waals surface area contributed by atoms with E-state index in [0.29, 0.717) is 44.1 Å². The molecule has 1 aliphatic heterocycles. The van der Waals surface area contributed by atoms with Gasteiger partial charge in [-0.15, -0.1) is 0 Å². The number of nitrogens with one attached hydrogen (secondary N) is 2. The van der Waals surface area contributed by atoms with Crippen LogP contribution in [0.1, 0.15) is 37.3 Å². The van der Waals surface area contributed by atoms with Gasteiger partial charge in [0.15, 0.2) is 10.6 Å². The zero-order chi connectivity index (χ0) is 24.0. The molecule has 0 saturated carbocycles. The summed E-state index contributed by atoms with van der Waals surface area (Å²) < 4.78 is 13.6. The van der Waals surface area contributed by atoms with E-state index in [-0.39, 0.29) is 11.3 Å². The van der Waals surface area contributed by atoms with E-state index in [1.807, 2.05) is 48.7 Å². The molecule has 0 aliphatic carbocycles. The van der Waals surface area contributed by atoms with Crippen molar-refractivity contribution in [2.45, 2.75) is 45.1 Å². The average Bonchev–Trinajstić information content (AvgIpc) is 3.23. The SMILES string of the molecule is CCOc1ccc(C2(CNC(=O)CCn3c(-c4cccc(C)c4)n[nH]c3=S)CCOCC2)cc1. The fourth-order valence-electron chi connectivity index (χ4n) is 4.50. The highest BCUT2D eigenvalue weighted by atomic mass is 32.1. The summed E-state index contributed by atoms with van der Waals surface area (Å²) in [5.41, 5.74) is 3.19. The lowest BCUT2D eigenvalue weighted by Gasteiger charge is -2.38. The van der Waals surface area contributed by atoms with E-state index in [1.165, 1.54) is 5.56 Å². The van der Waals surface area contributed by atoms with Crippen LogP contribution in [0.5, 0.6) is 5.75 Å². The molecule has 2 N–H and O–H groups in total. The highest BCUT2D eigenvalue weighted by molar-refractivity contribution is 7.71. The number of H-pyrrole nitrogens is 1. The summed E-state index contributed by atoms with van der Waals surface area (Å²) in [6.07, 6.45) is 2.06. The minimum atomic E-state index is -0.142. The van der Waals surface area contributed by atoms with Crippen LogP contribution in [0.4, 0.5) is 0 Å². The normalized spacial score (nSPS) is 15.1. The Morgan fingerprint density at radius 2 is 2.00 bits per heavy atom. The first-order valence-electron chi connectivity index (χ1n) is 11.8. The molecule has 0 bridgehead atoms. The van der Waals surface area contributed by atoms with Gasteiger partial charge < -0.3 is 14.8 Å². The first-order chi connectivity index (χ1) is 16.5. The summed E-state index contributed by atoms with van der Waals surface area (Å²) in [4.78, 5) is 12.9. The molecule has 8 heteroatoms. The molecule has 34 heavy (non-hydrogen) atoms. The molecule has 1 amide bonds. The van der Waals surface area contributed by atoms with Crippen LogP contribution in [0.2, 0.25) is 0 Å². The Morgan fingerprint density at radius 3 is 2.71 bits per heavy atom. The number of rotatable bonds is 9. The maximum absolute atomic E-state index is 12.9. The second kappa shape index (κ2) is 11.0. The Hall–Kier alpha value is -2.97. The number of hydrogen-bond acceptors (Lipinski definition) is 5. The molecule has 7 nitrogen and oxygen atoms in total. The van der Waals surface area contributed by atoms with Crippen molar-refractivity contribution in [3.8, 4) is 17.1 Å². The van der Waals surface area contributed by atoms with Crippen LogP contribution in [0.3, 0.4) is 0 Å². The number of hydrogen-bond donors (Lipinski definition) is 2. The summed E-state index contributed by atoms with van der Waals surface area (Å²) >= 11 is 5.42. The van der Waals surface area contributed by atoms with Crippen molar-refractivity contribution in [3.63, 3.8) is 0 Å². The topological polar surface area (TPSA) is 81.2 Å². The van der Waals surface area contributed by atoms with Gasteiger partial charge in [0.25, 0.3) is 0 Å². The number of nitrogens with zero attached hydrogens (tertiary/aromatic N) is 2. The maximum atomic E-state index is 12.9. The van der Waals surface area contributed by atoms with Gasteiger partial charge in [-0.2, -0.15) is 5.10 Å². The van der Waals surface area contributed by atoms with Gasteiger partial charge in [0.2, 0.25) is 5.91 Å². The minimum Gasteiger partial charge on any atom is -0.494 e. The fourth-order valence-corrected chi connectivity index (χ4v) is 4.72. The zero-order valence-corrected chi connectivity index (χ0v) is 20.6. The van der Waals surface area contributed by atoms with E-state index in [2.05, 4.69) is 33.7 Å². The lowest BCUT2D eigenvalue weighted by Crippen LogP contribution is -2.44. The van der Waals surface area contributed by atoms with Gasteiger partial charge in [0.05, 0.1) is 6.61 Å². The van der Waals surface area contributed by atoms with E-state index in [1.54, 1.807) is 0 Å². The van der Waals surface area contributed by atoms with Crippen LogP contribution in [0, 0.1) is 11.7 Å². The van der Waals surface area contributed by atoms with Crippen molar-refractivity contribution >= 4 is 18.1 Å². The number of aryl methyl sites for hydroxylation is 1. The molecular weight excluding hydrogens is 448 g/mol. The zero-order valence-electron chi connectivity index (χ0n) is 19.8. The molecule has 2 aromatic carbocycles. The smallest absolute Gasteiger partial charge is 0.221 e. The molecule has 2 heterocycles. The summed E-state index contributed by atoms with van der Waals surface area (Å²) in [7, 11) is 0. The van der Waals surface area contributed by atoms with Crippen molar-refractivity contribution in [3.05, 3.63) is 64.4 Å². The third kappa shape index (κ3) is 5.56. The Bertz CT molecular complexity index is 1160. The van der Waals surface area contributed by atoms with Crippen LogP contribution in [-0.2, 0) is 21.5 Å². The Kier molecular flexibility index (Phi) is 7.80. The van der Waals surface area contributed by atoms with Crippen molar-refractivity contribution in [2.24, 2.45) is 0 Å². The number of aromatic nitrogens is 3. The number of carbonyl (C=O) groups is 1. The number of amides is 1. The van der Waals surface area contributed by atoms with Crippen molar-refractivity contribution in [1.82, 2.24) is 20.1 Å². The van der Waals surface area contributed by atoms with Gasteiger partial charge in [-0.05, 0) is 62.7 Å². The van der Waals surface area contributed by atoms with Crippen LogP contribution in [0.15, 0.2) is 48.5 Å². The number of benzene rings is 2. The van der Waals surface area contributed by atoms with Crippen LogP contribution < -0.4 is 10.1 Å². The molecule has 180 valence electrons. The third-order valence-electron chi connectivity index (χ3n) is 6.45. The van der Waals surface area contributed by atoms with Crippen molar-refractivity contribution in [1.29, 1.82) is 0 Å². The molecule has 1 saturated heterocycles. The summed E-state index contributed by atoms with van der Waals surface area (Å²) in [5.74, 6) is 1.60. The first-order valence-corrected chi connectivity index (χ1v) is 12.2. The van der Waals surface area contributed by atoms with Gasteiger partial charge in [-0.25, -0.2) is 0 Å². The van der Waals surface area contributed by atoms with Gasteiger partial charge in [-0.3, -0.25) is 14.5 Å². The Balaban J connectivity index is 1.42. The highest BCUT2D eigenvalue weighted by Gasteiger charge is 2.34. The summed E-state index contributed by atoms with van der Waals surface area (Å²) in [6.45, 7) is 7.07. The molecule has 4 rings (SSSR count). The maximum Gasteiger partial charge on any atom is 0.221 e. The second-order valence-corrected chi connectivity index (χ2v) is 9.14. The molecule has 0 radical (unpaired) electrons. The van der Waals surface area contributed by atoms with Gasteiger partial charge in [0.1, 0.15) is 5.75 Å². The van der Waals surface area contributed by atoms with Crippen LogP contribution in [-0.4, -0.2) is 47.0 Å². The molecule has 0 spiro atoms. The van der Waals surface area contributed by atoms with E-state index in [0.717, 1.165) is 35.5 Å². The standard InChI is InChI=1S/C26H32N4O3S/c1-3-33-22-9-7-21(8-10-22)26(12-15-32-16-13-26)18-27-23(31)11-14-30-24(28-29-25(30)34)20-6-4-5-19(2)17-20/h4-10,17H,3,11-16,18H2,1-2H3,(H,27,31)(H,29,34). The van der Waals surface area contributed by atoms with E-state index in [9.17, 15) is 4.79 Å². The molecule has 0 unspecified atom stereocenters. The molecule has 1 aromatic heterocycles. The highest BCUT2D eigenvalue weighted by Crippen LogP contribution is 2.35. The third-order valence-corrected chi connectivity index (χ3v) is 6.76. The van der Waals surface area contributed by atoms with E-state index >= 15 is 0 Å². The molecule has 1 fully saturated rings. The number of ether oxygens (including phenoxy) is 2. The monoisotopic (exact) mass is 480 g/mol. The molecule has 3 aromatic rings. The molecular formula is C26H32N4O3S. The largest absolute Gasteiger partial charge is 0.494 e. The van der Waals surface area contributed by atoms with Crippen molar-refractivity contribution < 1.29 is 14.3 Å². The Morgan fingerprint density at radius 1 is 1.24 bits per heavy atom. The predicted molar refractivity (Wildman–Crippen MR) is 135 cm³/mol. The Labute approximate surface area is 205 Å². The number of aromatic amines is 1. The lowest BCUT2D eigenvalue weighted by atomic mass is 9.74.